The number of rotatable bonds is 3. The minimum absolute atomic E-state index is 0.148. The average molecular weight is 267 g/mol. The fourth-order valence-electron chi connectivity index (χ4n) is 1.53. The van der Waals surface area contributed by atoms with Crippen LogP contribution in [0.4, 0.5) is 11.7 Å². The van der Waals surface area contributed by atoms with Crippen molar-refractivity contribution in [3.05, 3.63) is 40.2 Å². The second kappa shape index (κ2) is 4.70. The van der Waals surface area contributed by atoms with Gasteiger partial charge in [0.15, 0.2) is 0 Å². The maximum atomic E-state index is 10.8. The van der Waals surface area contributed by atoms with Crippen molar-refractivity contribution in [3.8, 4) is 0 Å². The van der Waals surface area contributed by atoms with Crippen LogP contribution in [0, 0.1) is 13.8 Å². The zero-order valence-electron chi connectivity index (χ0n) is 9.82. The molecule has 2 N–H and O–H groups in total. The van der Waals surface area contributed by atoms with E-state index in [2.05, 4.69) is 10.3 Å². The number of nitrogens with zero attached hydrogens (tertiary/aromatic N) is 1. The summed E-state index contributed by atoms with van der Waals surface area (Å²) in [5.41, 5.74) is 2.00. The van der Waals surface area contributed by atoms with Gasteiger partial charge in [-0.25, -0.2) is 4.79 Å². The van der Waals surface area contributed by atoms with Gasteiger partial charge in [0.2, 0.25) is 5.76 Å². The quantitative estimate of drug-likeness (QED) is 0.891. The molecule has 0 amide bonds. The van der Waals surface area contributed by atoms with E-state index in [4.69, 9.17) is 21.1 Å². The number of carboxylic acid groups (broad SMARTS) is 1. The predicted molar refractivity (Wildman–Crippen MR) is 67.7 cm³/mol. The van der Waals surface area contributed by atoms with Crippen molar-refractivity contribution in [3.63, 3.8) is 0 Å². The number of aryl methyl sites for hydroxylation is 2. The third kappa shape index (κ3) is 2.46. The number of hydrogen-bond acceptors (Lipinski definition) is 4. The predicted octanol–water partition coefficient (Wildman–Crippen LogP) is 3.39. The lowest BCUT2D eigenvalue weighted by Crippen LogP contribution is -1.95. The van der Waals surface area contributed by atoms with Crippen LogP contribution in [0.15, 0.2) is 22.6 Å². The Bertz CT molecular complexity index is 607. The smallest absolute Gasteiger partial charge is 0.373 e. The molecule has 6 heteroatoms. The van der Waals surface area contributed by atoms with Crippen LogP contribution in [0.3, 0.4) is 0 Å². The lowest BCUT2D eigenvalue weighted by Gasteiger charge is -2.05. The second-order valence-corrected chi connectivity index (χ2v) is 4.26. The van der Waals surface area contributed by atoms with Gasteiger partial charge in [0.25, 0.3) is 6.01 Å². The van der Waals surface area contributed by atoms with E-state index < -0.39 is 5.97 Å². The minimum Gasteiger partial charge on any atom is -0.475 e. The normalized spacial score (nSPS) is 10.4. The van der Waals surface area contributed by atoms with Gasteiger partial charge < -0.3 is 14.8 Å². The van der Waals surface area contributed by atoms with Crippen molar-refractivity contribution in [2.75, 3.05) is 5.32 Å². The van der Waals surface area contributed by atoms with Gasteiger partial charge in [-0.3, -0.25) is 0 Å². The molecule has 0 spiro atoms. The maximum absolute atomic E-state index is 10.8. The molecule has 18 heavy (non-hydrogen) atoms. The molecule has 0 radical (unpaired) electrons. The summed E-state index contributed by atoms with van der Waals surface area (Å²) in [6.07, 6.45) is 0. The molecule has 0 fully saturated rings. The molecule has 0 aliphatic carbocycles. The standard InChI is InChI=1S/C12H11ClN2O3/c1-6-5-8(13)3-4-9(6)15-12-14-7(2)10(18-12)11(16)17/h3-5H,1-2H3,(H,14,15)(H,16,17). The van der Waals surface area contributed by atoms with Crippen LogP contribution in [-0.2, 0) is 0 Å². The first-order valence-electron chi connectivity index (χ1n) is 5.21. The van der Waals surface area contributed by atoms with Crippen LogP contribution in [0.2, 0.25) is 5.02 Å². The number of hydrogen-bond donors (Lipinski definition) is 2. The Hall–Kier alpha value is -2.01. The number of aromatic nitrogens is 1. The highest BCUT2D eigenvalue weighted by Gasteiger charge is 2.16. The van der Waals surface area contributed by atoms with E-state index in [0.717, 1.165) is 11.3 Å². The molecule has 1 aromatic carbocycles. The molecule has 5 nitrogen and oxygen atoms in total. The van der Waals surface area contributed by atoms with Gasteiger partial charge >= 0.3 is 5.97 Å². The maximum Gasteiger partial charge on any atom is 0.373 e. The fourth-order valence-corrected chi connectivity index (χ4v) is 1.76. The summed E-state index contributed by atoms with van der Waals surface area (Å²) in [6, 6.07) is 5.44. The van der Waals surface area contributed by atoms with E-state index >= 15 is 0 Å². The highest BCUT2D eigenvalue weighted by atomic mass is 35.5. The van der Waals surface area contributed by atoms with Gasteiger partial charge in [0.1, 0.15) is 0 Å². The zero-order valence-corrected chi connectivity index (χ0v) is 10.6. The number of carboxylic acids is 1. The molecule has 2 aromatic rings. The van der Waals surface area contributed by atoms with Crippen LogP contribution < -0.4 is 5.32 Å². The summed E-state index contributed by atoms with van der Waals surface area (Å²) in [7, 11) is 0. The number of halogens is 1. The molecule has 0 saturated carbocycles. The van der Waals surface area contributed by atoms with E-state index in [-0.39, 0.29) is 11.8 Å². The Morgan fingerprint density at radius 2 is 2.17 bits per heavy atom. The van der Waals surface area contributed by atoms with Crippen molar-refractivity contribution in [1.82, 2.24) is 4.98 Å². The molecule has 0 atom stereocenters. The summed E-state index contributed by atoms with van der Waals surface area (Å²) in [6.45, 7) is 3.45. The Labute approximate surface area is 108 Å². The summed E-state index contributed by atoms with van der Waals surface area (Å²) in [5, 5.41) is 12.4. The molecule has 0 aliphatic rings. The molecular weight excluding hydrogens is 256 g/mol. The first-order chi connectivity index (χ1) is 8.47. The highest BCUT2D eigenvalue weighted by Crippen LogP contribution is 2.24. The molecule has 0 aliphatic heterocycles. The number of benzene rings is 1. The number of aromatic carboxylic acids is 1. The lowest BCUT2D eigenvalue weighted by molar-refractivity contribution is 0.0662. The summed E-state index contributed by atoms with van der Waals surface area (Å²) < 4.78 is 5.11. The van der Waals surface area contributed by atoms with Crippen molar-refractivity contribution < 1.29 is 14.3 Å². The zero-order chi connectivity index (χ0) is 13.3. The Morgan fingerprint density at radius 3 is 2.72 bits per heavy atom. The second-order valence-electron chi connectivity index (χ2n) is 3.82. The van der Waals surface area contributed by atoms with E-state index in [0.29, 0.717) is 10.7 Å². The monoisotopic (exact) mass is 266 g/mol. The van der Waals surface area contributed by atoms with Gasteiger partial charge in [-0.2, -0.15) is 4.98 Å². The van der Waals surface area contributed by atoms with Crippen molar-refractivity contribution in [1.29, 1.82) is 0 Å². The first-order valence-corrected chi connectivity index (χ1v) is 5.59. The van der Waals surface area contributed by atoms with E-state index in [1.54, 1.807) is 25.1 Å². The topological polar surface area (TPSA) is 75.4 Å². The largest absolute Gasteiger partial charge is 0.475 e. The SMILES string of the molecule is Cc1cc(Cl)ccc1Nc1nc(C)c(C(=O)O)o1. The summed E-state index contributed by atoms with van der Waals surface area (Å²) >= 11 is 5.85. The molecule has 94 valence electrons. The minimum atomic E-state index is -1.14. The molecule has 1 heterocycles. The average Bonchev–Trinajstić information content (AvgIpc) is 2.64. The van der Waals surface area contributed by atoms with Gasteiger partial charge in [0.05, 0.1) is 5.69 Å². The van der Waals surface area contributed by atoms with E-state index in [1.165, 1.54) is 0 Å². The van der Waals surface area contributed by atoms with Gasteiger partial charge in [-0.05, 0) is 37.6 Å². The molecule has 1 aromatic heterocycles. The van der Waals surface area contributed by atoms with E-state index in [1.807, 2.05) is 6.92 Å². The number of anilines is 2. The van der Waals surface area contributed by atoms with Crippen molar-refractivity contribution in [2.24, 2.45) is 0 Å². The number of oxazole rings is 1. The van der Waals surface area contributed by atoms with Gasteiger partial charge in [-0.1, -0.05) is 11.6 Å². The van der Waals surface area contributed by atoms with Crippen molar-refractivity contribution >= 4 is 29.3 Å². The first kappa shape index (κ1) is 12.4. The third-order valence-electron chi connectivity index (χ3n) is 2.42. The summed E-state index contributed by atoms with van der Waals surface area (Å²) in [4.78, 5) is 14.8. The molecule has 0 bridgehead atoms. The fraction of sp³-hybridized carbons (Fsp3) is 0.167. The van der Waals surface area contributed by atoms with Crippen molar-refractivity contribution in [2.45, 2.75) is 13.8 Å². The molecular formula is C12H11ClN2O3. The highest BCUT2D eigenvalue weighted by molar-refractivity contribution is 6.30. The van der Waals surface area contributed by atoms with Crippen LogP contribution in [0.1, 0.15) is 21.8 Å². The van der Waals surface area contributed by atoms with Crippen LogP contribution in [0.5, 0.6) is 0 Å². The molecule has 0 unspecified atom stereocenters. The van der Waals surface area contributed by atoms with E-state index in [9.17, 15) is 4.79 Å². The Kier molecular flexibility index (Phi) is 3.25. The number of carbonyl (C=O) groups is 1. The van der Waals surface area contributed by atoms with Crippen LogP contribution in [0.25, 0.3) is 0 Å². The summed E-state index contributed by atoms with van der Waals surface area (Å²) in [5.74, 6) is -1.30. The van der Waals surface area contributed by atoms with Gasteiger partial charge in [-0.15, -0.1) is 0 Å². The number of nitrogens with one attached hydrogen (secondary N) is 1. The van der Waals surface area contributed by atoms with Crippen LogP contribution >= 0.6 is 11.6 Å². The van der Waals surface area contributed by atoms with Crippen LogP contribution in [-0.4, -0.2) is 16.1 Å². The third-order valence-corrected chi connectivity index (χ3v) is 2.66. The van der Waals surface area contributed by atoms with Gasteiger partial charge in [0, 0.05) is 10.7 Å². The molecule has 0 saturated heterocycles. The molecule has 2 rings (SSSR count). The Morgan fingerprint density at radius 1 is 1.44 bits per heavy atom. The Balaban J connectivity index is 2.29. The lowest BCUT2D eigenvalue weighted by atomic mass is 10.2.